The third-order valence-electron chi connectivity index (χ3n) is 3.52. The minimum atomic E-state index is -1.31. The van der Waals surface area contributed by atoms with Gasteiger partial charge in [-0.15, -0.1) is 0 Å². The van der Waals surface area contributed by atoms with Crippen LogP contribution in [0.3, 0.4) is 0 Å². The van der Waals surface area contributed by atoms with Gasteiger partial charge in [0, 0.05) is 18.5 Å². The van der Waals surface area contributed by atoms with Crippen molar-refractivity contribution in [3.63, 3.8) is 0 Å². The average Bonchev–Trinajstić information content (AvgIpc) is 2.78. The highest BCUT2D eigenvalue weighted by atomic mass is 16.4. The van der Waals surface area contributed by atoms with E-state index in [1.54, 1.807) is 37.3 Å². The van der Waals surface area contributed by atoms with E-state index >= 15 is 0 Å². The number of nitrogens with zero attached hydrogens (tertiary/aromatic N) is 1. The molecule has 0 radical (unpaired) electrons. The fraction of sp³-hybridized carbons (Fsp3) is 0.357. The molecule has 1 fully saturated rings. The first kappa shape index (κ1) is 14.8. The molecule has 0 saturated carbocycles. The summed E-state index contributed by atoms with van der Waals surface area (Å²) < 4.78 is 0. The normalized spacial score (nSPS) is 24.6. The van der Waals surface area contributed by atoms with Crippen molar-refractivity contribution in [2.45, 2.75) is 24.9 Å². The summed E-state index contributed by atoms with van der Waals surface area (Å²) in [6.45, 7) is 1.59. The van der Waals surface area contributed by atoms with Crippen molar-refractivity contribution in [3.8, 4) is 0 Å². The molecule has 0 bridgehead atoms. The molecule has 0 spiro atoms. The van der Waals surface area contributed by atoms with Crippen LogP contribution >= 0.6 is 0 Å². The first-order valence-corrected chi connectivity index (χ1v) is 6.42. The van der Waals surface area contributed by atoms with Crippen LogP contribution in [0.5, 0.6) is 0 Å². The van der Waals surface area contributed by atoms with Gasteiger partial charge in [0.15, 0.2) is 0 Å². The van der Waals surface area contributed by atoms with Gasteiger partial charge in [-0.3, -0.25) is 9.69 Å². The Bertz CT molecular complexity index is 550. The summed E-state index contributed by atoms with van der Waals surface area (Å²) in [6.07, 6.45) is -1.27. The Hall–Kier alpha value is -2.57. The third-order valence-corrected chi connectivity index (χ3v) is 3.52. The first-order chi connectivity index (χ1) is 9.82. The molecule has 7 nitrogen and oxygen atoms in total. The Morgan fingerprint density at radius 1 is 1.24 bits per heavy atom. The predicted molar refractivity (Wildman–Crippen MR) is 73.1 cm³/mol. The number of amides is 2. The number of aliphatic carboxylic acids is 1. The van der Waals surface area contributed by atoms with E-state index in [0.717, 1.165) is 4.90 Å². The topological polar surface area (TPSA) is 107 Å². The molecule has 7 heteroatoms. The van der Waals surface area contributed by atoms with Crippen LogP contribution in [0.2, 0.25) is 0 Å². The van der Waals surface area contributed by atoms with E-state index in [-0.39, 0.29) is 18.9 Å². The molecule has 0 aromatic heterocycles. The van der Waals surface area contributed by atoms with Crippen molar-refractivity contribution in [1.82, 2.24) is 10.2 Å². The number of nitrogens with one attached hydrogen (secondary N) is 1. The van der Waals surface area contributed by atoms with Crippen LogP contribution in [0, 0.1) is 0 Å². The standard InChI is InChI=1S/C14H16N2O5/c1-14(15-11(17)9-5-3-2-4-6-9)7-10(12(18)19)16(8-14)13(20)21/h2-6,10H,7-8H2,1H3,(H,15,17)(H,18,19)(H,20,21). The summed E-state index contributed by atoms with van der Waals surface area (Å²) in [7, 11) is 0. The van der Waals surface area contributed by atoms with Crippen molar-refractivity contribution in [3.05, 3.63) is 35.9 Å². The smallest absolute Gasteiger partial charge is 0.408 e. The molecular weight excluding hydrogens is 276 g/mol. The van der Waals surface area contributed by atoms with E-state index in [2.05, 4.69) is 5.32 Å². The molecule has 3 N–H and O–H groups in total. The summed E-state index contributed by atoms with van der Waals surface area (Å²) in [4.78, 5) is 35.2. The Morgan fingerprint density at radius 3 is 2.33 bits per heavy atom. The van der Waals surface area contributed by atoms with Crippen molar-refractivity contribution in [1.29, 1.82) is 0 Å². The van der Waals surface area contributed by atoms with E-state index in [4.69, 9.17) is 10.2 Å². The third kappa shape index (κ3) is 3.13. The van der Waals surface area contributed by atoms with E-state index in [0.29, 0.717) is 5.56 Å². The highest BCUT2D eigenvalue weighted by Gasteiger charge is 2.47. The van der Waals surface area contributed by atoms with Gasteiger partial charge in [-0.05, 0) is 19.1 Å². The van der Waals surface area contributed by atoms with Gasteiger partial charge >= 0.3 is 12.1 Å². The zero-order chi connectivity index (χ0) is 15.6. The average molecular weight is 292 g/mol. The number of carbonyl (C=O) groups excluding carboxylic acids is 1. The second kappa shape index (κ2) is 5.43. The van der Waals surface area contributed by atoms with Gasteiger partial charge in [0.05, 0.1) is 5.54 Å². The van der Waals surface area contributed by atoms with Gasteiger partial charge in [0.1, 0.15) is 6.04 Å². The van der Waals surface area contributed by atoms with Crippen LogP contribution < -0.4 is 5.32 Å². The van der Waals surface area contributed by atoms with Gasteiger partial charge in [-0.25, -0.2) is 9.59 Å². The molecule has 1 saturated heterocycles. The fourth-order valence-electron chi connectivity index (χ4n) is 2.54. The van der Waals surface area contributed by atoms with Crippen LogP contribution in [-0.2, 0) is 4.79 Å². The molecule has 2 rings (SSSR count). The molecule has 112 valence electrons. The number of hydrogen-bond acceptors (Lipinski definition) is 3. The maximum absolute atomic E-state index is 12.1. The molecule has 2 unspecified atom stereocenters. The summed E-state index contributed by atoms with van der Waals surface area (Å²) >= 11 is 0. The van der Waals surface area contributed by atoms with Crippen LogP contribution in [0.1, 0.15) is 23.7 Å². The second-order valence-corrected chi connectivity index (χ2v) is 5.35. The molecule has 1 aromatic carbocycles. The van der Waals surface area contributed by atoms with Crippen LogP contribution in [0.25, 0.3) is 0 Å². The molecule has 1 heterocycles. The monoisotopic (exact) mass is 292 g/mol. The molecule has 1 aliphatic rings. The lowest BCUT2D eigenvalue weighted by Crippen LogP contribution is -2.48. The minimum Gasteiger partial charge on any atom is -0.480 e. The fourth-order valence-corrected chi connectivity index (χ4v) is 2.54. The van der Waals surface area contributed by atoms with Crippen LogP contribution in [-0.4, -0.2) is 51.2 Å². The Balaban J connectivity index is 2.15. The van der Waals surface area contributed by atoms with Gasteiger partial charge in [-0.1, -0.05) is 18.2 Å². The molecule has 0 aliphatic carbocycles. The molecular formula is C14H16N2O5. The first-order valence-electron chi connectivity index (χ1n) is 6.42. The van der Waals surface area contributed by atoms with Crippen molar-refractivity contribution in [2.24, 2.45) is 0 Å². The SMILES string of the molecule is CC1(NC(=O)c2ccccc2)CC(C(=O)O)N(C(=O)O)C1. The van der Waals surface area contributed by atoms with Gasteiger partial charge in [-0.2, -0.15) is 0 Å². The van der Waals surface area contributed by atoms with Crippen molar-refractivity contribution < 1.29 is 24.6 Å². The largest absolute Gasteiger partial charge is 0.480 e. The zero-order valence-electron chi connectivity index (χ0n) is 11.4. The minimum absolute atomic E-state index is 0.0349. The van der Waals surface area contributed by atoms with Crippen molar-refractivity contribution >= 4 is 18.0 Å². The molecule has 1 aromatic rings. The number of likely N-dealkylation sites (tertiary alicyclic amines) is 1. The molecule has 21 heavy (non-hydrogen) atoms. The lowest BCUT2D eigenvalue weighted by molar-refractivity contribution is -0.141. The Kier molecular flexibility index (Phi) is 3.84. The number of carboxylic acid groups (broad SMARTS) is 2. The quantitative estimate of drug-likeness (QED) is 0.770. The molecule has 2 atom stereocenters. The molecule has 2 amide bonds. The number of carbonyl (C=O) groups is 3. The summed E-state index contributed by atoms with van der Waals surface area (Å²) in [5.41, 5.74) is -0.464. The van der Waals surface area contributed by atoms with E-state index in [1.807, 2.05) is 0 Å². The Labute approximate surface area is 121 Å². The maximum atomic E-state index is 12.1. The predicted octanol–water partition coefficient (Wildman–Crippen LogP) is 1.01. The highest BCUT2D eigenvalue weighted by molar-refractivity contribution is 5.95. The number of hydrogen-bond donors (Lipinski definition) is 3. The van der Waals surface area contributed by atoms with Gasteiger partial charge < -0.3 is 15.5 Å². The van der Waals surface area contributed by atoms with Gasteiger partial charge in [0.25, 0.3) is 5.91 Å². The zero-order valence-corrected chi connectivity index (χ0v) is 11.4. The number of rotatable bonds is 3. The summed E-state index contributed by atoms with van der Waals surface area (Å²) in [6, 6.07) is 7.34. The van der Waals surface area contributed by atoms with Gasteiger partial charge in [0.2, 0.25) is 0 Å². The van der Waals surface area contributed by atoms with E-state index in [1.165, 1.54) is 0 Å². The summed E-state index contributed by atoms with van der Waals surface area (Å²) in [5, 5.41) is 20.9. The van der Waals surface area contributed by atoms with E-state index in [9.17, 15) is 14.4 Å². The van der Waals surface area contributed by atoms with Crippen molar-refractivity contribution in [2.75, 3.05) is 6.54 Å². The maximum Gasteiger partial charge on any atom is 0.408 e. The Morgan fingerprint density at radius 2 is 1.86 bits per heavy atom. The lowest BCUT2D eigenvalue weighted by Gasteiger charge is -2.25. The number of benzene rings is 1. The van der Waals surface area contributed by atoms with Crippen LogP contribution in [0.4, 0.5) is 4.79 Å². The lowest BCUT2D eigenvalue weighted by atomic mass is 9.98. The van der Waals surface area contributed by atoms with Crippen LogP contribution in [0.15, 0.2) is 30.3 Å². The highest BCUT2D eigenvalue weighted by Crippen LogP contribution is 2.27. The van der Waals surface area contributed by atoms with E-state index < -0.39 is 23.6 Å². The molecule has 1 aliphatic heterocycles. The second-order valence-electron chi connectivity index (χ2n) is 5.35. The summed E-state index contributed by atoms with van der Waals surface area (Å²) in [5.74, 6) is -1.57. The number of carboxylic acids is 1.